The van der Waals surface area contributed by atoms with Crippen LogP contribution in [0.5, 0.6) is 0 Å². The van der Waals surface area contributed by atoms with Gasteiger partial charge in [-0.05, 0) is 30.3 Å². The molecule has 0 amide bonds. The van der Waals surface area contributed by atoms with Gasteiger partial charge in [0.2, 0.25) is 0 Å². The summed E-state index contributed by atoms with van der Waals surface area (Å²) < 4.78 is 23.4. The van der Waals surface area contributed by atoms with Crippen molar-refractivity contribution in [2.45, 2.75) is 12.7 Å². The lowest BCUT2D eigenvalue weighted by Crippen LogP contribution is -2.25. The summed E-state index contributed by atoms with van der Waals surface area (Å²) in [5, 5.41) is 21.6. The third kappa shape index (κ3) is 4.60. The summed E-state index contributed by atoms with van der Waals surface area (Å²) in [6.45, 7) is 0.597. The molecule has 0 aliphatic rings. The van der Waals surface area contributed by atoms with Crippen molar-refractivity contribution in [1.82, 2.24) is 0 Å². The van der Waals surface area contributed by atoms with Gasteiger partial charge in [-0.1, -0.05) is 0 Å². The maximum absolute atomic E-state index is 13.0. The Labute approximate surface area is 121 Å². The number of hydrogen-bond donors (Lipinski definition) is 2. The molecule has 1 aromatic heterocycles. The zero-order valence-corrected chi connectivity index (χ0v) is 11.3. The van der Waals surface area contributed by atoms with Crippen LogP contribution in [0.4, 0.5) is 10.1 Å². The molecule has 2 rings (SSSR count). The highest BCUT2D eigenvalue weighted by molar-refractivity contribution is 5.57. The molecule has 2 N–H and O–H groups in total. The van der Waals surface area contributed by atoms with Crippen LogP contribution < -0.4 is 5.32 Å². The largest absolute Gasteiger partial charge is 0.467 e. The van der Waals surface area contributed by atoms with Crippen LogP contribution in [-0.4, -0.2) is 24.4 Å². The normalized spacial score (nSPS) is 11.9. The van der Waals surface area contributed by atoms with Crippen LogP contribution in [0.1, 0.15) is 11.3 Å². The third-order valence-corrected chi connectivity index (χ3v) is 2.76. The first-order chi connectivity index (χ1) is 10.2. The number of aliphatic hydroxyl groups is 1. The number of aliphatic hydroxyl groups excluding tert-OH is 1. The number of halogens is 1. The number of ether oxygens (including phenoxy) is 1. The van der Waals surface area contributed by atoms with Gasteiger partial charge < -0.3 is 19.6 Å². The van der Waals surface area contributed by atoms with Gasteiger partial charge in [0.1, 0.15) is 24.3 Å². The third-order valence-electron chi connectivity index (χ3n) is 2.76. The number of anilines is 1. The van der Waals surface area contributed by atoms with E-state index >= 15 is 0 Å². The van der Waals surface area contributed by atoms with Crippen LogP contribution >= 0.6 is 0 Å². The second kappa shape index (κ2) is 7.43. The summed E-state index contributed by atoms with van der Waals surface area (Å²) >= 11 is 0. The Kier molecular flexibility index (Phi) is 5.32. The number of hydrogen-bond acceptors (Lipinski definition) is 5. The van der Waals surface area contributed by atoms with Crippen LogP contribution in [0, 0.1) is 17.1 Å². The fraction of sp³-hybridized carbons (Fsp3) is 0.267. The molecule has 1 unspecified atom stereocenters. The highest BCUT2D eigenvalue weighted by atomic mass is 19.1. The van der Waals surface area contributed by atoms with Crippen molar-refractivity contribution in [3.63, 3.8) is 0 Å². The SMILES string of the molecule is N#Cc1cc(F)ccc1NCC(O)COCc1ccco1. The van der Waals surface area contributed by atoms with Gasteiger partial charge in [-0.3, -0.25) is 0 Å². The summed E-state index contributed by atoms with van der Waals surface area (Å²) in [6.07, 6.45) is 0.797. The van der Waals surface area contributed by atoms with Crippen molar-refractivity contribution in [3.05, 3.63) is 53.7 Å². The van der Waals surface area contributed by atoms with Crippen molar-refractivity contribution in [2.75, 3.05) is 18.5 Å². The molecule has 2 aromatic rings. The molecule has 0 radical (unpaired) electrons. The molecule has 0 spiro atoms. The monoisotopic (exact) mass is 290 g/mol. The molecular weight excluding hydrogens is 275 g/mol. The van der Waals surface area contributed by atoms with E-state index in [1.165, 1.54) is 12.1 Å². The van der Waals surface area contributed by atoms with Crippen molar-refractivity contribution in [1.29, 1.82) is 5.26 Å². The first-order valence-electron chi connectivity index (χ1n) is 6.40. The van der Waals surface area contributed by atoms with E-state index in [1.54, 1.807) is 18.4 Å². The van der Waals surface area contributed by atoms with Gasteiger partial charge in [-0.25, -0.2) is 4.39 Å². The average molecular weight is 290 g/mol. The van der Waals surface area contributed by atoms with E-state index in [0.717, 1.165) is 6.07 Å². The van der Waals surface area contributed by atoms with Crippen molar-refractivity contribution < 1.29 is 18.7 Å². The number of nitrogens with one attached hydrogen (secondary N) is 1. The van der Waals surface area contributed by atoms with E-state index in [4.69, 9.17) is 14.4 Å². The number of nitriles is 1. The van der Waals surface area contributed by atoms with Crippen LogP contribution in [-0.2, 0) is 11.3 Å². The summed E-state index contributed by atoms with van der Waals surface area (Å²) in [5.41, 5.74) is 0.669. The quantitative estimate of drug-likeness (QED) is 0.818. The van der Waals surface area contributed by atoms with Crippen molar-refractivity contribution >= 4 is 5.69 Å². The Balaban J connectivity index is 1.76. The standard InChI is InChI=1S/C15H15FN2O3/c16-12-3-4-15(11(6-12)7-17)18-8-13(19)9-20-10-14-2-1-5-21-14/h1-6,13,18-19H,8-10H2. The summed E-state index contributed by atoms with van der Waals surface area (Å²) in [5.74, 6) is 0.208. The Morgan fingerprint density at radius 2 is 2.29 bits per heavy atom. The summed E-state index contributed by atoms with van der Waals surface area (Å²) in [6, 6.07) is 9.29. The number of furan rings is 1. The minimum absolute atomic E-state index is 0.122. The molecule has 0 aliphatic heterocycles. The zero-order valence-electron chi connectivity index (χ0n) is 11.3. The smallest absolute Gasteiger partial charge is 0.129 e. The summed E-state index contributed by atoms with van der Waals surface area (Å²) in [7, 11) is 0. The Morgan fingerprint density at radius 1 is 1.43 bits per heavy atom. The van der Waals surface area contributed by atoms with Crippen LogP contribution in [0.3, 0.4) is 0 Å². The molecule has 0 bridgehead atoms. The Morgan fingerprint density at radius 3 is 3.00 bits per heavy atom. The lowest BCUT2D eigenvalue weighted by atomic mass is 10.2. The molecular formula is C15H15FN2O3. The van der Waals surface area contributed by atoms with Gasteiger partial charge >= 0.3 is 0 Å². The van der Waals surface area contributed by atoms with Crippen LogP contribution in [0.2, 0.25) is 0 Å². The molecule has 6 heteroatoms. The molecule has 21 heavy (non-hydrogen) atoms. The Hall–Kier alpha value is -2.36. The van der Waals surface area contributed by atoms with Crippen LogP contribution in [0.15, 0.2) is 41.0 Å². The second-order valence-corrected chi connectivity index (χ2v) is 4.43. The lowest BCUT2D eigenvalue weighted by Gasteiger charge is -2.13. The zero-order chi connectivity index (χ0) is 15.1. The highest BCUT2D eigenvalue weighted by Gasteiger charge is 2.08. The predicted octanol–water partition coefficient (Wildman–Crippen LogP) is 2.28. The average Bonchev–Trinajstić information content (AvgIpc) is 2.99. The highest BCUT2D eigenvalue weighted by Crippen LogP contribution is 2.15. The first-order valence-corrected chi connectivity index (χ1v) is 6.40. The molecule has 0 saturated carbocycles. The number of benzene rings is 1. The molecule has 5 nitrogen and oxygen atoms in total. The summed E-state index contributed by atoms with van der Waals surface area (Å²) in [4.78, 5) is 0. The Bertz CT molecular complexity index is 608. The molecule has 1 atom stereocenters. The fourth-order valence-corrected chi connectivity index (χ4v) is 1.74. The van der Waals surface area contributed by atoms with Gasteiger partial charge in [0.25, 0.3) is 0 Å². The first kappa shape index (κ1) is 15.0. The van der Waals surface area contributed by atoms with E-state index in [0.29, 0.717) is 11.4 Å². The maximum atomic E-state index is 13.0. The molecule has 0 saturated heterocycles. The second-order valence-electron chi connectivity index (χ2n) is 4.43. The number of rotatable bonds is 7. The van der Waals surface area contributed by atoms with E-state index < -0.39 is 11.9 Å². The molecule has 110 valence electrons. The van der Waals surface area contributed by atoms with Gasteiger partial charge in [0.15, 0.2) is 0 Å². The predicted molar refractivity (Wildman–Crippen MR) is 74.0 cm³/mol. The van der Waals surface area contributed by atoms with E-state index in [2.05, 4.69) is 5.32 Å². The van der Waals surface area contributed by atoms with E-state index in [9.17, 15) is 9.50 Å². The number of nitrogens with zero attached hydrogens (tertiary/aromatic N) is 1. The van der Waals surface area contributed by atoms with Gasteiger partial charge in [-0.15, -0.1) is 0 Å². The van der Waals surface area contributed by atoms with Gasteiger partial charge in [0, 0.05) is 6.54 Å². The lowest BCUT2D eigenvalue weighted by molar-refractivity contribution is 0.0282. The van der Waals surface area contributed by atoms with Gasteiger partial charge in [0.05, 0.1) is 30.2 Å². The molecule has 1 aromatic carbocycles. The van der Waals surface area contributed by atoms with Gasteiger partial charge in [-0.2, -0.15) is 5.26 Å². The minimum atomic E-state index is -0.753. The van der Waals surface area contributed by atoms with Crippen LogP contribution in [0.25, 0.3) is 0 Å². The maximum Gasteiger partial charge on any atom is 0.129 e. The topological polar surface area (TPSA) is 78.4 Å². The fourth-order valence-electron chi connectivity index (χ4n) is 1.74. The molecule has 0 fully saturated rings. The molecule has 1 heterocycles. The van der Waals surface area contributed by atoms with Crippen molar-refractivity contribution in [3.8, 4) is 6.07 Å². The van der Waals surface area contributed by atoms with E-state index in [1.807, 2.05) is 6.07 Å². The van der Waals surface area contributed by atoms with E-state index in [-0.39, 0.29) is 25.3 Å². The molecule has 0 aliphatic carbocycles. The van der Waals surface area contributed by atoms with Crippen molar-refractivity contribution in [2.24, 2.45) is 0 Å². The minimum Gasteiger partial charge on any atom is -0.467 e.